The van der Waals surface area contributed by atoms with Gasteiger partial charge in [-0.25, -0.2) is 9.37 Å². The number of nitrogens with zero attached hydrogens (tertiary/aromatic N) is 3. The van der Waals surface area contributed by atoms with Crippen LogP contribution in [-0.4, -0.2) is 58.8 Å². The van der Waals surface area contributed by atoms with E-state index in [9.17, 15) is 4.39 Å². The molecule has 0 aliphatic carbocycles. The summed E-state index contributed by atoms with van der Waals surface area (Å²) < 4.78 is 13.2. The second-order valence-electron chi connectivity index (χ2n) is 6.24. The van der Waals surface area contributed by atoms with E-state index in [2.05, 4.69) is 26.8 Å². The average molecular weight is 287 g/mol. The minimum Gasteiger partial charge on any atom is -0.353 e. The first-order valence-electron chi connectivity index (χ1n) is 7.28. The number of rotatable bonds is 1. The van der Waals surface area contributed by atoms with Crippen LogP contribution in [0.1, 0.15) is 5.82 Å². The minimum absolute atomic E-state index is 0.300. The molecule has 110 valence electrons. The van der Waals surface area contributed by atoms with Crippen LogP contribution in [0.4, 0.5) is 4.39 Å². The Morgan fingerprint density at radius 2 is 2.00 bits per heavy atom. The minimum atomic E-state index is -0.300. The van der Waals surface area contributed by atoms with E-state index in [1.165, 1.54) is 12.1 Å². The summed E-state index contributed by atoms with van der Waals surface area (Å²) in [6.45, 7) is 4.05. The van der Waals surface area contributed by atoms with Crippen LogP contribution in [-0.2, 0) is 0 Å². The summed E-state index contributed by atoms with van der Waals surface area (Å²) in [5, 5.41) is 8.37. The van der Waals surface area contributed by atoms with Crippen LogP contribution < -0.4 is 0 Å². The lowest BCUT2D eigenvalue weighted by molar-refractivity contribution is 0.347. The van der Waals surface area contributed by atoms with Crippen molar-refractivity contribution in [1.82, 2.24) is 19.8 Å². The number of hydrogen-bond donors (Lipinski definition) is 2. The second-order valence-corrected chi connectivity index (χ2v) is 6.24. The summed E-state index contributed by atoms with van der Waals surface area (Å²) in [6.07, 6.45) is 0. The lowest BCUT2D eigenvalue weighted by Gasteiger charge is -2.20. The van der Waals surface area contributed by atoms with Crippen LogP contribution >= 0.6 is 0 Å². The average Bonchev–Trinajstić information content (AvgIpc) is 3.08. The maximum absolute atomic E-state index is 13.2. The van der Waals surface area contributed by atoms with Gasteiger partial charge in [0.2, 0.25) is 0 Å². The van der Waals surface area contributed by atoms with Crippen molar-refractivity contribution in [3.05, 3.63) is 29.8 Å². The monoisotopic (exact) mass is 287 g/mol. The van der Waals surface area contributed by atoms with E-state index in [0.29, 0.717) is 29.0 Å². The molecular formula is C15H18FN5. The largest absolute Gasteiger partial charge is 0.353 e. The fourth-order valence-electron chi connectivity index (χ4n) is 3.65. The number of halogens is 1. The van der Waals surface area contributed by atoms with Crippen molar-refractivity contribution in [2.24, 2.45) is 11.8 Å². The fourth-order valence-corrected chi connectivity index (χ4v) is 3.65. The normalized spacial score (nSPS) is 25.7. The predicted octanol–water partition coefficient (Wildman–Crippen LogP) is 1.52. The van der Waals surface area contributed by atoms with Crippen LogP contribution in [0, 0.1) is 23.1 Å². The number of aromatic amines is 1. The topological polar surface area (TPSA) is 59.0 Å². The molecule has 2 aliphatic rings. The molecule has 4 rings (SSSR count). The molecule has 0 radical (unpaired) electrons. The summed E-state index contributed by atoms with van der Waals surface area (Å²) in [7, 11) is 2.15. The Morgan fingerprint density at radius 3 is 2.71 bits per heavy atom. The summed E-state index contributed by atoms with van der Waals surface area (Å²) in [5.74, 6) is 1.95. The van der Waals surface area contributed by atoms with Crippen molar-refractivity contribution in [3.63, 3.8) is 0 Å². The van der Waals surface area contributed by atoms with Crippen LogP contribution in [0.2, 0.25) is 0 Å². The quantitative estimate of drug-likeness (QED) is 0.617. The number of likely N-dealkylation sites (tertiary alicyclic amines) is 2. The van der Waals surface area contributed by atoms with Crippen molar-refractivity contribution in [2.75, 3.05) is 33.2 Å². The molecule has 0 spiro atoms. The van der Waals surface area contributed by atoms with Gasteiger partial charge in [0, 0.05) is 32.2 Å². The number of amidine groups is 1. The van der Waals surface area contributed by atoms with Gasteiger partial charge in [0.15, 0.2) is 11.7 Å². The van der Waals surface area contributed by atoms with E-state index < -0.39 is 0 Å². The fraction of sp³-hybridized carbons (Fsp3) is 0.467. The SMILES string of the molecule is CN1C[C@@H]2CN(C(=N)c3nc4cc(F)ccc4[nH]3)C[C@@H]2C1. The number of benzene rings is 1. The van der Waals surface area contributed by atoms with Crippen molar-refractivity contribution in [3.8, 4) is 0 Å². The molecule has 2 atom stereocenters. The molecule has 3 heterocycles. The van der Waals surface area contributed by atoms with Gasteiger partial charge in [-0.2, -0.15) is 0 Å². The molecule has 0 saturated carbocycles. The molecule has 0 amide bonds. The Hall–Kier alpha value is -1.95. The van der Waals surface area contributed by atoms with Crippen LogP contribution in [0.3, 0.4) is 0 Å². The molecule has 1 aromatic heterocycles. The first-order valence-corrected chi connectivity index (χ1v) is 7.28. The first-order chi connectivity index (χ1) is 10.1. The maximum Gasteiger partial charge on any atom is 0.173 e. The van der Waals surface area contributed by atoms with Gasteiger partial charge in [0.1, 0.15) is 5.82 Å². The van der Waals surface area contributed by atoms with Gasteiger partial charge in [-0.05, 0) is 31.0 Å². The van der Waals surface area contributed by atoms with Crippen molar-refractivity contribution >= 4 is 16.9 Å². The molecule has 0 unspecified atom stereocenters. The second kappa shape index (κ2) is 4.53. The van der Waals surface area contributed by atoms with Gasteiger partial charge < -0.3 is 14.8 Å². The first kappa shape index (κ1) is 12.8. The maximum atomic E-state index is 13.2. The summed E-state index contributed by atoms with van der Waals surface area (Å²) in [5.41, 5.74) is 1.35. The van der Waals surface area contributed by atoms with Gasteiger partial charge >= 0.3 is 0 Å². The summed E-state index contributed by atoms with van der Waals surface area (Å²) in [6, 6.07) is 4.47. The van der Waals surface area contributed by atoms with Crippen LogP contribution in [0.15, 0.2) is 18.2 Å². The number of nitrogens with one attached hydrogen (secondary N) is 2. The Bertz CT molecular complexity index is 695. The Morgan fingerprint density at radius 1 is 1.29 bits per heavy atom. The zero-order chi connectivity index (χ0) is 14.6. The molecule has 2 aliphatic heterocycles. The highest BCUT2D eigenvalue weighted by Crippen LogP contribution is 2.30. The number of hydrogen-bond acceptors (Lipinski definition) is 3. The van der Waals surface area contributed by atoms with Gasteiger partial charge in [-0.1, -0.05) is 0 Å². The Balaban J connectivity index is 1.57. The van der Waals surface area contributed by atoms with Crippen molar-refractivity contribution < 1.29 is 4.39 Å². The third-order valence-corrected chi connectivity index (χ3v) is 4.65. The lowest BCUT2D eigenvalue weighted by Crippen LogP contribution is -2.33. The van der Waals surface area contributed by atoms with Gasteiger partial charge in [0.25, 0.3) is 0 Å². The molecule has 0 bridgehead atoms. The van der Waals surface area contributed by atoms with E-state index >= 15 is 0 Å². The molecule has 2 saturated heterocycles. The molecule has 21 heavy (non-hydrogen) atoms. The molecule has 6 heteroatoms. The van der Waals surface area contributed by atoms with E-state index in [4.69, 9.17) is 5.41 Å². The number of fused-ring (bicyclic) bond motifs is 2. The lowest BCUT2D eigenvalue weighted by atomic mass is 10.0. The highest BCUT2D eigenvalue weighted by atomic mass is 19.1. The van der Waals surface area contributed by atoms with Gasteiger partial charge in [-0.15, -0.1) is 0 Å². The van der Waals surface area contributed by atoms with E-state index in [1.807, 2.05) is 0 Å². The predicted molar refractivity (Wildman–Crippen MR) is 78.9 cm³/mol. The summed E-state index contributed by atoms with van der Waals surface area (Å²) >= 11 is 0. The number of imidazole rings is 1. The van der Waals surface area contributed by atoms with E-state index in [0.717, 1.165) is 31.7 Å². The van der Waals surface area contributed by atoms with E-state index in [-0.39, 0.29) is 5.82 Å². The zero-order valence-electron chi connectivity index (χ0n) is 11.9. The third kappa shape index (κ3) is 2.10. The molecule has 2 aromatic rings. The third-order valence-electron chi connectivity index (χ3n) is 4.65. The van der Waals surface area contributed by atoms with Gasteiger partial charge in [0.05, 0.1) is 11.0 Å². The van der Waals surface area contributed by atoms with Crippen LogP contribution in [0.5, 0.6) is 0 Å². The van der Waals surface area contributed by atoms with Crippen LogP contribution in [0.25, 0.3) is 11.0 Å². The molecule has 1 aromatic carbocycles. The smallest absolute Gasteiger partial charge is 0.173 e. The molecule has 2 N–H and O–H groups in total. The number of H-pyrrole nitrogens is 1. The molecule has 5 nitrogen and oxygen atoms in total. The van der Waals surface area contributed by atoms with E-state index in [1.54, 1.807) is 6.07 Å². The highest BCUT2D eigenvalue weighted by Gasteiger charge is 2.40. The highest BCUT2D eigenvalue weighted by molar-refractivity contribution is 5.96. The number of aromatic nitrogens is 2. The molecular weight excluding hydrogens is 269 g/mol. The Labute approximate surface area is 122 Å². The zero-order valence-corrected chi connectivity index (χ0v) is 11.9. The standard InChI is InChI=1S/C15H18FN5/c1-20-5-9-7-21(8-10(9)6-20)14(17)15-18-12-3-2-11(16)4-13(12)19-15/h2-4,9-10,17H,5-8H2,1H3,(H,18,19)/t9-,10+. The summed E-state index contributed by atoms with van der Waals surface area (Å²) in [4.78, 5) is 11.9. The Kier molecular flexibility index (Phi) is 2.75. The molecule has 2 fully saturated rings. The van der Waals surface area contributed by atoms with Crippen molar-refractivity contribution in [2.45, 2.75) is 0 Å². The van der Waals surface area contributed by atoms with Crippen molar-refractivity contribution in [1.29, 1.82) is 5.41 Å². The van der Waals surface area contributed by atoms with Gasteiger partial charge in [-0.3, -0.25) is 5.41 Å².